The molecular weight excluding hydrogens is 542 g/mol. The third-order valence-corrected chi connectivity index (χ3v) is 7.50. The molecule has 2 N–H and O–H groups in total. The smallest absolute Gasteiger partial charge is 0.104 e. The molecule has 7 nitrogen and oxygen atoms in total. The van der Waals surface area contributed by atoms with Crippen LogP contribution in [-0.2, 0) is 0 Å². The van der Waals surface area contributed by atoms with Crippen molar-refractivity contribution in [3.63, 3.8) is 0 Å². The highest BCUT2D eigenvalue weighted by molar-refractivity contribution is 5.97. The van der Waals surface area contributed by atoms with Gasteiger partial charge in [-0.2, -0.15) is 5.11 Å². The van der Waals surface area contributed by atoms with Crippen LogP contribution in [0.4, 0.5) is 11.4 Å². The van der Waals surface area contributed by atoms with Crippen molar-refractivity contribution in [3.05, 3.63) is 138 Å². The van der Waals surface area contributed by atoms with Crippen molar-refractivity contribution in [1.82, 2.24) is 24.9 Å². The van der Waals surface area contributed by atoms with Gasteiger partial charge >= 0.3 is 0 Å². The molecule has 44 heavy (non-hydrogen) atoms. The molecule has 0 saturated carbocycles. The number of H-pyrrole nitrogens is 2. The van der Waals surface area contributed by atoms with E-state index in [2.05, 4.69) is 110 Å². The Kier molecular flexibility index (Phi) is 6.31. The highest BCUT2D eigenvalue weighted by atomic mass is 15.1. The number of benzene rings is 2. The maximum Gasteiger partial charge on any atom is 0.104 e. The molecule has 0 fully saturated rings. The number of aromatic nitrogens is 5. The topological polar surface area (TPSA) is 95.0 Å². The number of nitrogens with one attached hydrogen (secondary N) is 2. The minimum atomic E-state index is 0.705. The largest absolute Gasteiger partial charge is 0.355 e. The van der Waals surface area contributed by atoms with Crippen LogP contribution in [-0.4, -0.2) is 24.9 Å². The third kappa shape index (κ3) is 5.14. The van der Waals surface area contributed by atoms with Crippen LogP contribution in [0.2, 0.25) is 0 Å². The fraction of sp³-hybridized carbons (Fsp3) is 0. The molecule has 0 aliphatic carbocycles. The monoisotopic (exact) mass is 567 g/mol. The zero-order valence-electron chi connectivity index (χ0n) is 23.5. The van der Waals surface area contributed by atoms with Gasteiger partial charge in [-0.15, -0.1) is 5.11 Å². The summed E-state index contributed by atoms with van der Waals surface area (Å²) in [5, 5.41) is 8.85. The van der Waals surface area contributed by atoms with Crippen LogP contribution in [0.25, 0.3) is 68.6 Å². The third-order valence-electron chi connectivity index (χ3n) is 7.50. The SMILES string of the molecule is C1=Cc2cc3ccc([nH]3)c(-c3ccccc3-c3cccc(N=Nc4cccnc4)c3)c3nc(cc4ccc(cc1n2)[nH]4)C=C3. The normalized spacial score (nSPS) is 12.3. The number of fused-ring (bicyclic) bond motifs is 8. The van der Waals surface area contributed by atoms with E-state index < -0.39 is 0 Å². The molecule has 0 radical (unpaired) electrons. The van der Waals surface area contributed by atoms with Crippen molar-refractivity contribution in [1.29, 1.82) is 0 Å². The van der Waals surface area contributed by atoms with Crippen LogP contribution in [0.5, 0.6) is 0 Å². The summed E-state index contributed by atoms with van der Waals surface area (Å²) in [7, 11) is 0. The first-order valence-electron chi connectivity index (χ1n) is 14.3. The van der Waals surface area contributed by atoms with E-state index in [9.17, 15) is 0 Å². The predicted octanol–water partition coefficient (Wildman–Crippen LogP) is 9.80. The highest BCUT2D eigenvalue weighted by Crippen LogP contribution is 2.38. The van der Waals surface area contributed by atoms with Crippen molar-refractivity contribution >= 4 is 57.7 Å². The number of hydrogen-bond donors (Lipinski definition) is 2. The van der Waals surface area contributed by atoms with Gasteiger partial charge in [-0.3, -0.25) is 4.98 Å². The molecule has 2 aromatic carbocycles. The summed E-state index contributed by atoms with van der Waals surface area (Å²) in [6, 6.07) is 34.7. The van der Waals surface area contributed by atoms with E-state index in [1.807, 2.05) is 42.5 Å². The number of azo groups is 1. The molecule has 6 heterocycles. The fourth-order valence-corrected chi connectivity index (χ4v) is 5.51. The molecule has 4 aromatic heterocycles. The summed E-state index contributed by atoms with van der Waals surface area (Å²) in [5.41, 5.74) is 13.1. The summed E-state index contributed by atoms with van der Waals surface area (Å²) in [4.78, 5) is 21.1. The predicted molar refractivity (Wildman–Crippen MR) is 178 cm³/mol. The van der Waals surface area contributed by atoms with Gasteiger partial charge in [0.15, 0.2) is 0 Å². The average molecular weight is 568 g/mol. The Morgan fingerprint density at radius 2 is 1.20 bits per heavy atom. The molecule has 208 valence electrons. The maximum atomic E-state index is 5.09. The molecule has 0 spiro atoms. The van der Waals surface area contributed by atoms with Crippen molar-refractivity contribution in [3.8, 4) is 22.3 Å². The van der Waals surface area contributed by atoms with Gasteiger partial charge < -0.3 is 9.97 Å². The molecular formula is C37H25N7. The van der Waals surface area contributed by atoms with Gasteiger partial charge in [0.05, 0.1) is 34.7 Å². The van der Waals surface area contributed by atoms with Crippen molar-refractivity contribution in [2.24, 2.45) is 10.2 Å². The zero-order valence-corrected chi connectivity index (χ0v) is 23.5. The lowest BCUT2D eigenvalue weighted by atomic mass is 9.93. The summed E-state index contributed by atoms with van der Waals surface area (Å²) in [5.74, 6) is 0. The summed E-state index contributed by atoms with van der Waals surface area (Å²) in [6.07, 6.45) is 11.6. The molecule has 6 aromatic rings. The second-order valence-corrected chi connectivity index (χ2v) is 10.6. The fourth-order valence-electron chi connectivity index (χ4n) is 5.51. The minimum absolute atomic E-state index is 0.705. The van der Waals surface area contributed by atoms with E-state index in [1.165, 1.54) is 0 Å². The second-order valence-electron chi connectivity index (χ2n) is 10.6. The van der Waals surface area contributed by atoms with Crippen LogP contribution in [0, 0.1) is 0 Å². The molecule has 2 aliphatic rings. The van der Waals surface area contributed by atoms with Crippen molar-refractivity contribution in [2.75, 3.05) is 0 Å². The summed E-state index contributed by atoms with van der Waals surface area (Å²) >= 11 is 0. The Morgan fingerprint density at radius 3 is 2.00 bits per heavy atom. The van der Waals surface area contributed by atoms with Gasteiger partial charge in [0.1, 0.15) is 5.69 Å². The first-order valence-corrected chi connectivity index (χ1v) is 14.3. The van der Waals surface area contributed by atoms with E-state index in [4.69, 9.17) is 9.97 Å². The van der Waals surface area contributed by atoms with E-state index in [1.54, 1.807) is 12.4 Å². The number of aromatic amines is 2. The van der Waals surface area contributed by atoms with Gasteiger partial charge in [-0.1, -0.05) is 36.4 Å². The lowest BCUT2D eigenvalue weighted by molar-refractivity contribution is 1.20. The molecule has 7 heteroatoms. The van der Waals surface area contributed by atoms with Gasteiger partial charge in [0.2, 0.25) is 0 Å². The Labute approximate surface area is 253 Å². The number of hydrogen-bond acceptors (Lipinski definition) is 5. The number of rotatable bonds is 4. The lowest BCUT2D eigenvalue weighted by Crippen LogP contribution is -1.89. The van der Waals surface area contributed by atoms with E-state index in [-0.39, 0.29) is 0 Å². The first kappa shape index (κ1) is 25.5. The molecule has 0 saturated heterocycles. The molecule has 8 bridgehead atoms. The Morgan fingerprint density at radius 1 is 0.523 bits per heavy atom. The Hall–Kier alpha value is -6.21. The maximum absolute atomic E-state index is 5.09. The van der Waals surface area contributed by atoms with Crippen LogP contribution in [0.1, 0.15) is 22.8 Å². The first-order chi connectivity index (χ1) is 21.7. The zero-order chi connectivity index (χ0) is 29.3. The Balaban J connectivity index is 1.33. The average Bonchev–Trinajstić information content (AvgIpc) is 3.88. The lowest BCUT2D eigenvalue weighted by Gasteiger charge is -2.12. The molecule has 8 rings (SSSR count). The summed E-state index contributed by atoms with van der Waals surface area (Å²) < 4.78 is 0. The van der Waals surface area contributed by atoms with Gasteiger partial charge in [-0.05, 0) is 108 Å². The van der Waals surface area contributed by atoms with E-state index in [0.717, 1.165) is 72.8 Å². The van der Waals surface area contributed by atoms with Crippen LogP contribution >= 0.6 is 0 Å². The standard InChI is InChI=1S/C37H25N7/c1-2-9-34(33(8-1)24-5-3-6-31(19-24)43-44-32-7-4-18-38-23-32)37-35-16-14-29(41-35)21-27-12-10-25(39-27)20-26-11-13-28(40-26)22-30-15-17-36(37)42-30/h1-23,39,42H. The molecule has 0 unspecified atom stereocenters. The number of nitrogens with zero attached hydrogens (tertiary/aromatic N) is 5. The van der Waals surface area contributed by atoms with E-state index in [0.29, 0.717) is 5.69 Å². The Bertz CT molecular complexity index is 2290. The minimum Gasteiger partial charge on any atom is -0.355 e. The molecule has 0 amide bonds. The quantitative estimate of drug-likeness (QED) is 0.207. The van der Waals surface area contributed by atoms with E-state index >= 15 is 0 Å². The van der Waals surface area contributed by atoms with Crippen molar-refractivity contribution in [2.45, 2.75) is 0 Å². The van der Waals surface area contributed by atoms with Gasteiger partial charge in [-0.25, -0.2) is 9.97 Å². The van der Waals surface area contributed by atoms with Crippen molar-refractivity contribution < 1.29 is 0 Å². The van der Waals surface area contributed by atoms with Crippen LogP contribution in [0.3, 0.4) is 0 Å². The molecule has 2 aliphatic heterocycles. The van der Waals surface area contributed by atoms with Gasteiger partial charge in [0, 0.05) is 33.8 Å². The number of pyridine rings is 1. The molecule has 0 atom stereocenters. The van der Waals surface area contributed by atoms with Crippen LogP contribution in [0.15, 0.2) is 126 Å². The highest BCUT2D eigenvalue weighted by Gasteiger charge is 2.15. The van der Waals surface area contributed by atoms with Gasteiger partial charge in [0.25, 0.3) is 0 Å². The van der Waals surface area contributed by atoms with Crippen LogP contribution < -0.4 is 0 Å². The second kappa shape index (κ2) is 10.9. The summed E-state index contributed by atoms with van der Waals surface area (Å²) in [6.45, 7) is 0.